The summed E-state index contributed by atoms with van der Waals surface area (Å²) in [5.74, 6) is 0.508. The van der Waals surface area contributed by atoms with E-state index in [1.54, 1.807) is 0 Å². The van der Waals surface area contributed by atoms with Crippen molar-refractivity contribution >= 4 is 12.1 Å². The molecule has 0 radical (unpaired) electrons. The highest BCUT2D eigenvalue weighted by Gasteiger charge is 2.67. The molecule has 0 spiro atoms. The summed E-state index contributed by atoms with van der Waals surface area (Å²) >= 11 is 0. The number of carbonyl (C=O) groups is 2. The average Bonchev–Trinajstić information content (AvgIpc) is 3.08. The summed E-state index contributed by atoms with van der Waals surface area (Å²) in [6.45, 7) is 12.3. The largest absolute Gasteiger partial charge is 0.481 e. The fraction of sp³-hybridized carbons (Fsp3) is 0.926. The number of fused-ring (bicyclic) bond motifs is 5. The highest BCUT2D eigenvalue weighted by atomic mass is 16.6. The fourth-order valence-electron chi connectivity index (χ4n) is 8.84. The summed E-state index contributed by atoms with van der Waals surface area (Å²) in [7, 11) is 0. The van der Waals surface area contributed by atoms with Gasteiger partial charge in [-0.2, -0.15) is 0 Å². The number of carboxylic acids is 1. The highest BCUT2D eigenvalue weighted by molar-refractivity contribution is 5.72. The smallest absolute Gasteiger partial charge is 0.407 e. The molecule has 0 aliphatic heterocycles. The van der Waals surface area contributed by atoms with Gasteiger partial charge in [-0.25, -0.2) is 4.79 Å². The number of rotatable bonds is 7. The molecule has 4 N–H and O–H groups in total. The van der Waals surface area contributed by atoms with Crippen LogP contribution in [0.5, 0.6) is 0 Å². The van der Waals surface area contributed by atoms with Crippen LogP contribution in [0, 0.1) is 34.5 Å². The highest BCUT2D eigenvalue weighted by Crippen LogP contribution is 2.68. The lowest BCUT2D eigenvalue weighted by Gasteiger charge is -2.64. The number of ether oxygens (including phenoxy) is 1. The van der Waals surface area contributed by atoms with Crippen molar-refractivity contribution in [3.05, 3.63) is 0 Å². The molecule has 4 rings (SSSR count). The van der Waals surface area contributed by atoms with Crippen molar-refractivity contribution in [1.82, 2.24) is 10.2 Å². The maximum absolute atomic E-state index is 12.4. The van der Waals surface area contributed by atoms with Crippen molar-refractivity contribution in [3.8, 4) is 0 Å². The summed E-state index contributed by atoms with van der Waals surface area (Å²) in [5.41, 5.74) is 6.74. The molecule has 0 aromatic carbocycles. The number of amides is 1. The molecule has 7 nitrogen and oxygen atoms in total. The van der Waals surface area contributed by atoms with Crippen molar-refractivity contribution in [2.45, 2.75) is 97.1 Å². The molecule has 8 atom stereocenters. The van der Waals surface area contributed by atoms with Gasteiger partial charge < -0.3 is 25.8 Å². The minimum absolute atomic E-state index is 0.00774. The first kappa shape index (κ1) is 25.7. The third kappa shape index (κ3) is 4.15. The second-order valence-electron chi connectivity index (χ2n) is 12.2. The van der Waals surface area contributed by atoms with E-state index in [9.17, 15) is 14.7 Å². The Morgan fingerprint density at radius 3 is 2.44 bits per heavy atom. The van der Waals surface area contributed by atoms with Crippen LogP contribution >= 0.6 is 0 Å². The van der Waals surface area contributed by atoms with E-state index in [0.717, 1.165) is 71.0 Å². The molecule has 0 bridgehead atoms. The van der Waals surface area contributed by atoms with Gasteiger partial charge in [0.05, 0.1) is 5.92 Å². The zero-order valence-electron chi connectivity index (χ0n) is 21.8. The predicted octanol–water partition coefficient (Wildman–Crippen LogP) is 4.25. The predicted molar refractivity (Wildman–Crippen MR) is 132 cm³/mol. The van der Waals surface area contributed by atoms with Gasteiger partial charge in [-0.15, -0.1) is 0 Å². The van der Waals surface area contributed by atoms with E-state index in [1.165, 1.54) is 0 Å². The minimum Gasteiger partial charge on any atom is -0.481 e. The van der Waals surface area contributed by atoms with Gasteiger partial charge in [0.25, 0.3) is 0 Å². The molecular weight excluding hydrogens is 430 g/mol. The van der Waals surface area contributed by atoms with Gasteiger partial charge in [0, 0.05) is 18.6 Å². The van der Waals surface area contributed by atoms with Crippen LogP contribution in [0.2, 0.25) is 0 Å². The first-order valence-electron chi connectivity index (χ1n) is 13.8. The molecule has 194 valence electrons. The quantitative estimate of drug-likeness (QED) is 0.506. The molecule has 0 aromatic rings. The van der Waals surface area contributed by atoms with Crippen LogP contribution in [0.1, 0.15) is 85.5 Å². The lowest BCUT2D eigenvalue weighted by molar-refractivity contribution is -0.157. The first-order valence-corrected chi connectivity index (χ1v) is 13.8. The van der Waals surface area contributed by atoms with Crippen LogP contribution in [-0.2, 0) is 9.53 Å². The van der Waals surface area contributed by atoms with Gasteiger partial charge in [0.15, 0.2) is 0 Å². The van der Waals surface area contributed by atoms with Crippen LogP contribution < -0.4 is 11.1 Å². The summed E-state index contributed by atoms with van der Waals surface area (Å²) < 4.78 is 5.86. The van der Waals surface area contributed by atoms with Crippen molar-refractivity contribution in [3.63, 3.8) is 0 Å². The molecule has 0 unspecified atom stereocenters. The lowest BCUT2D eigenvalue weighted by atomic mass is 9.42. The Bertz CT molecular complexity index is 773. The van der Waals surface area contributed by atoms with Crippen LogP contribution in [0.4, 0.5) is 4.79 Å². The Balaban J connectivity index is 1.37. The van der Waals surface area contributed by atoms with Crippen molar-refractivity contribution < 1.29 is 19.4 Å². The molecule has 7 heteroatoms. The minimum atomic E-state index is -0.666. The maximum atomic E-state index is 12.4. The molecule has 4 aliphatic carbocycles. The summed E-state index contributed by atoms with van der Waals surface area (Å²) in [6.07, 6.45) is 8.34. The van der Waals surface area contributed by atoms with E-state index < -0.39 is 5.97 Å². The Morgan fingerprint density at radius 1 is 1.03 bits per heavy atom. The third-order valence-corrected chi connectivity index (χ3v) is 11.1. The third-order valence-electron chi connectivity index (χ3n) is 11.1. The monoisotopic (exact) mass is 477 g/mol. The number of hydrogen-bond acceptors (Lipinski definition) is 5. The number of carbonyl (C=O) groups excluding carboxylic acids is 1. The first-order chi connectivity index (χ1) is 16.1. The second-order valence-corrected chi connectivity index (χ2v) is 12.2. The Morgan fingerprint density at radius 2 is 1.76 bits per heavy atom. The second kappa shape index (κ2) is 9.61. The van der Waals surface area contributed by atoms with Gasteiger partial charge in [-0.05, 0) is 99.5 Å². The summed E-state index contributed by atoms with van der Waals surface area (Å²) in [5, 5.41) is 12.8. The van der Waals surface area contributed by atoms with Crippen molar-refractivity contribution in [2.24, 2.45) is 40.2 Å². The molecule has 0 aromatic heterocycles. The number of nitrogens with two attached hydrogens (primary N) is 1. The van der Waals surface area contributed by atoms with Gasteiger partial charge in [-0.3, -0.25) is 4.79 Å². The van der Waals surface area contributed by atoms with Gasteiger partial charge >= 0.3 is 12.1 Å². The van der Waals surface area contributed by atoms with E-state index in [4.69, 9.17) is 10.5 Å². The maximum Gasteiger partial charge on any atom is 0.407 e. The molecule has 4 aliphatic rings. The number of nitrogens with zero attached hydrogens (tertiary/aromatic N) is 1. The van der Waals surface area contributed by atoms with Crippen molar-refractivity contribution in [2.75, 3.05) is 26.2 Å². The molecule has 0 saturated heterocycles. The molecule has 4 fully saturated rings. The molecule has 1 amide bonds. The van der Waals surface area contributed by atoms with Crippen LogP contribution in [0.15, 0.2) is 0 Å². The molecule has 4 saturated carbocycles. The summed E-state index contributed by atoms with van der Waals surface area (Å²) in [6, 6.07) is 0. The summed E-state index contributed by atoms with van der Waals surface area (Å²) in [4.78, 5) is 26.7. The van der Waals surface area contributed by atoms with E-state index in [0.29, 0.717) is 30.7 Å². The Kier molecular flexibility index (Phi) is 7.27. The SMILES string of the molecule is CCN(CC)CCNC(=O)O[C@H]1CC[C@@]2(C)[C@H](CC[C@@H]3[C@@H]2CC[C@]2(C)[C@@H](C(=O)O)CC[C@]32N)C1. The average molecular weight is 478 g/mol. The number of likely N-dealkylation sites (N-methyl/N-ethyl adjacent to an activating group) is 1. The number of hydrogen-bond donors (Lipinski definition) is 3. The zero-order valence-corrected chi connectivity index (χ0v) is 21.8. The Hall–Kier alpha value is -1.34. The Labute approximate surface area is 205 Å². The van der Waals surface area contributed by atoms with Gasteiger partial charge in [0.2, 0.25) is 0 Å². The number of carboxylic acid groups (broad SMARTS) is 1. The molecule has 0 heterocycles. The van der Waals surface area contributed by atoms with E-state index in [2.05, 4.69) is 37.9 Å². The number of nitrogens with one attached hydrogen (secondary N) is 1. The zero-order chi connectivity index (χ0) is 24.7. The van der Waals surface area contributed by atoms with Gasteiger partial charge in [-0.1, -0.05) is 27.7 Å². The molecule has 34 heavy (non-hydrogen) atoms. The van der Waals surface area contributed by atoms with Crippen LogP contribution in [0.3, 0.4) is 0 Å². The standard InChI is InChI=1S/C27H47N3O4/c1-5-30(6-2)16-15-29-24(33)34-19-9-12-25(3)18(17-19)7-8-21-20(25)10-13-26(4)22(23(31)32)11-14-27(21,26)28/h18-22H,5-17,28H2,1-4H3,(H,29,33)(H,31,32)/t18-,19+,20+,21-,22-,25+,26-,27+/m1/s1. The van der Waals surface area contributed by atoms with Crippen LogP contribution in [0.25, 0.3) is 0 Å². The lowest BCUT2D eigenvalue weighted by Crippen LogP contribution is -2.66. The fourth-order valence-corrected chi connectivity index (χ4v) is 8.84. The number of aliphatic carboxylic acids is 1. The van der Waals surface area contributed by atoms with Gasteiger partial charge in [0.1, 0.15) is 6.10 Å². The van der Waals surface area contributed by atoms with E-state index >= 15 is 0 Å². The van der Waals surface area contributed by atoms with Crippen molar-refractivity contribution in [1.29, 1.82) is 0 Å². The van der Waals surface area contributed by atoms with Crippen LogP contribution in [-0.4, -0.2) is 59.9 Å². The van der Waals surface area contributed by atoms with E-state index in [-0.39, 0.29) is 34.5 Å². The molecular formula is C27H47N3O4. The van der Waals surface area contributed by atoms with E-state index in [1.807, 2.05) is 0 Å². The topological polar surface area (TPSA) is 105 Å². The number of alkyl carbamates (subject to hydrolysis) is 1. The normalized spacial score (nSPS) is 43.5.